The van der Waals surface area contributed by atoms with Crippen molar-refractivity contribution in [1.29, 1.82) is 0 Å². The van der Waals surface area contributed by atoms with Crippen LogP contribution in [0.5, 0.6) is 0 Å². The predicted octanol–water partition coefficient (Wildman–Crippen LogP) is 2.43. The minimum Gasteiger partial charge on any atom is -0.356 e. The number of benzene rings is 1. The molecule has 0 aliphatic heterocycles. The SMILES string of the molecule is Fc1ccc(F)c(CNc2nncs2)c1. The van der Waals surface area contributed by atoms with Crippen LogP contribution in [0, 0.1) is 11.6 Å². The molecule has 2 rings (SSSR count). The lowest BCUT2D eigenvalue weighted by atomic mass is 10.2. The molecule has 15 heavy (non-hydrogen) atoms. The summed E-state index contributed by atoms with van der Waals surface area (Å²) >= 11 is 1.30. The highest BCUT2D eigenvalue weighted by Crippen LogP contribution is 2.13. The first-order chi connectivity index (χ1) is 7.25. The van der Waals surface area contributed by atoms with Crippen molar-refractivity contribution in [2.24, 2.45) is 0 Å². The highest BCUT2D eigenvalue weighted by atomic mass is 32.1. The average molecular weight is 227 g/mol. The van der Waals surface area contributed by atoms with Crippen molar-refractivity contribution in [3.05, 3.63) is 40.9 Å². The van der Waals surface area contributed by atoms with E-state index in [9.17, 15) is 8.78 Å². The third-order valence-electron chi connectivity index (χ3n) is 1.80. The van der Waals surface area contributed by atoms with Crippen LogP contribution in [-0.4, -0.2) is 10.2 Å². The van der Waals surface area contributed by atoms with Gasteiger partial charge in [-0.3, -0.25) is 0 Å². The predicted molar refractivity (Wildman–Crippen MR) is 53.6 cm³/mol. The summed E-state index contributed by atoms with van der Waals surface area (Å²) in [7, 11) is 0. The zero-order chi connectivity index (χ0) is 10.7. The lowest BCUT2D eigenvalue weighted by Crippen LogP contribution is -2.02. The van der Waals surface area contributed by atoms with Crippen molar-refractivity contribution >= 4 is 16.5 Å². The first-order valence-electron chi connectivity index (χ1n) is 4.19. The molecule has 78 valence electrons. The van der Waals surface area contributed by atoms with Gasteiger partial charge in [0.2, 0.25) is 5.13 Å². The number of hydrogen-bond acceptors (Lipinski definition) is 4. The number of nitrogens with one attached hydrogen (secondary N) is 1. The second-order valence-corrected chi connectivity index (χ2v) is 3.67. The van der Waals surface area contributed by atoms with E-state index in [1.54, 1.807) is 5.51 Å². The number of halogens is 2. The molecule has 3 nitrogen and oxygen atoms in total. The summed E-state index contributed by atoms with van der Waals surface area (Å²) in [4.78, 5) is 0. The monoisotopic (exact) mass is 227 g/mol. The molecular formula is C9H7F2N3S. The molecule has 0 bridgehead atoms. The molecule has 0 radical (unpaired) electrons. The molecule has 0 amide bonds. The smallest absolute Gasteiger partial charge is 0.205 e. The van der Waals surface area contributed by atoms with Crippen molar-refractivity contribution in [3.8, 4) is 0 Å². The van der Waals surface area contributed by atoms with Gasteiger partial charge in [-0.2, -0.15) is 0 Å². The summed E-state index contributed by atoms with van der Waals surface area (Å²) in [6, 6.07) is 3.35. The van der Waals surface area contributed by atoms with Gasteiger partial charge < -0.3 is 5.32 Å². The number of rotatable bonds is 3. The summed E-state index contributed by atoms with van der Waals surface area (Å²) in [6.07, 6.45) is 0. The molecule has 1 aromatic heterocycles. The number of anilines is 1. The van der Waals surface area contributed by atoms with Gasteiger partial charge in [0.25, 0.3) is 0 Å². The molecule has 1 aromatic carbocycles. The number of hydrogen-bond donors (Lipinski definition) is 1. The second kappa shape index (κ2) is 4.31. The van der Waals surface area contributed by atoms with Crippen LogP contribution in [0.25, 0.3) is 0 Å². The Morgan fingerprint density at radius 3 is 2.93 bits per heavy atom. The third kappa shape index (κ3) is 2.47. The Bertz CT molecular complexity index is 445. The fourth-order valence-corrected chi connectivity index (χ4v) is 1.54. The van der Waals surface area contributed by atoms with Gasteiger partial charge in [-0.25, -0.2) is 8.78 Å². The van der Waals surface area contributed by atoms with E-state index >= 15 is 0 Å². The summed E-state index contributed by atoms with van der Waals surface area (Å²) in [5.41, 5.74) is 1.83. The molecule has 0 aliphatic rings. The number of nitrogens with zero attached hydrogens (tertiary/aromatic N) is 2. The molecule has 2 aromatic rings. The zero-order valence-electron chi connectivity index (χ0n) is 7.58. The van der Waals surface area contributed by atoms with Gasteiger partial charge in [0, 0.05) is 12.1 Å². The Balaban J connectivity index is 2.07. The molecule has 0 spiro atoms. The van der Waals surface area contributed by atoms with Crippen LogP contribution in [0.1, 0.15) is 5.56 Å². The van der Waals surface area contributed by atoms with E-state index in [1.807, 2.05) is 0 Å². The molecule has 6 heteroatoms. The van der Waals surface area contributed by atoms with Gasteiger partial charge in [0.1, 0.15) is 17.1 Å². The third-order valence-corrected chi connectivity index (χ3v) is 2.45. The highest BCUT2D eigenvalue weighted by Gasteiger charge is 2.04. The minimum absolute atomic E-state index is 0.193. The molecule has 0 fully saturated rings. The Kier molecular flexibility index (Phi) is 2.86. The first kappa shape index (κ1) is 9.97. The summed E-state index contributed by atoms with van der Waals surface area (Å²) < 4.78 is 26.0. The standard InChI is InChI=1S/C9H7F2N3S/c10-7-1-2-8(11)6(3-7)4-12-9-14-13-5-15-9/h1-3,5H,4H2,(H,12,14). The van der Waals surface area contributed by atoms with Crippen molar-refractivity contribution in [3.63, 3.8) is 0 Å². The van der Waals surface area contributed by atoms with E-state index < -0.39 is 11.6 Å². The maximum atomic E-state index is 13.2. The average Bonchev–Trinajstić information content (AvgIpc) is 2.72. The van der Waals surface area contributed by atoms with E-state index in [0.717, 1.165) is 18.2 Å². The molecule has 0 atom stereocenters. The fourth-order valence-electron chi connectivity index (χ4n) is 1.10. The minimum atomic E-state index is -0.453. The molecule has 0 unspecified atom stereocenters. The maximum Gasteiger partial charge on any atom is 0.205 e. The van der Waals surface area contributed by atoms with Gasteiger partial charge in [-0.15, -0.1) is 10.2 Å². The molecule has 1 heterocycles. The van der Waals surface area contributed by atoms with Crippen molar-refractivity contribution in [2.45, 2.75) is 6.54 Å². The zero-order valence-corrected chi connectivity index (χ0v) is 8.39. The van der Waals surface area contributed by atoms with Crippen molar-refractivity contribution in [1.82, 2.24) is 10.2 Å². The lowest BCUT2D eigenvalue weighted by Gasteiger charge is -2.03. The fraction of sp³-hybridized carbons (Fsp3) is 0.111. The Hall–Kier alpha value is -1.56. The van der Waals surface area contributed by atoms with Crippen LogP contribution < -0.4 is 5.32 Å². The van der Waals surface area contributed by atoms with Crippen LogP contribution in [0.4, 0.5) is 13.9 Å². The quantitative estimate of drug-likeness (QED) is 0.875. The molecular weight excluding hydrogens is 220 g/mol. The van der Waals surface area contributed by atoms with Gasteiger partial charge in [-0.1, -0.05) is 11.3 Å². The van der Waals surface area contributed by atoms with Crippen molar-refractivity contribution < 1.29 is 8.78 Å². The maximum absolute atomic E-state index is 13.2. The van der Waals surface area contributed by atoms with E-state index in [1.165, 1.54) is 11.3 Å². The van der Waals surface area contributed by atoms with Gasteiger partial charge in [0.15, 0.2) is 0 Å². The van der Waals surface area contributed by atoms with Gasteiger partial charge in [0.05, 0.1) is 0 Å². The Labute approximate surface area is 88.8 Å². The van der Waals surface area contributed by atoms with Crippen LogP contribution in [0.2, 0.25) is 0 Å². The molecule has 0 aliphatic carbocycles. The lowest BCUT2D eigenvalue weighted by molar-refractivity contribution is 0.587. The molecule has 0 saturated carbocycles. The van der Waals surface area contributed by atoms with Gasteiger partial charge >= 0.3 is 0 Å². The summed E-state index contributed by atoms with van der Waals surface area (Å²) in [5.74, 6) is -0.890. The summed E-state index contributed by atoms with van der Waals surface area (Å²) in [6.45, 7) is 0.193. The number of aromatic nitrogens is 2. The molecule has 0 saturated heterocycles. The van der Waals surface area contributed by atoms with E-state index in [2.05, 4.69) is 15.5 Å². The topological polar surface area (TPSA) is 37.8 Å². The molecule has 1 N–H and O–H groups in total. The van der Waals surface area contributed by atoms with E-state index in [4.69, 9.17) is 0 Å². The van der Waals surface area contributed by atoms with Crippen LogP contribution >= 0.6 is 11.3 Å². The van der Waals surface area contributed by atoms with Crippen LogP contribution in [-0.2, 0) is 6.54 Å². The highest BCUT2D eigenvalue weighted by molar-refractivity contribution is 7.13. The largest absolute Gasteiger partial charge is 0.356 e. The van der Waals surface area contributed by atoms with Crippen LogP contribution in [0.3, 0.4) is 0 Å². The Morgan fingerprint density at radius 2 is 2.20 bits per heavy atom. The van der Waals surface area contributed by atoms with Gasteiger partial charge in [-0.05, 0) is 18.2 Å². The second-order valence-electron chi connectivity index (χ2n) is 2.83. The Morgan fingerprint density at radius 1 is 1.33 bits per heavy atom. The van der Waals surface area contributed by atoms with Crippen molar-refractivity contribution in [2.75, 3.05) is 5.32 Å². The van der Waals surface area contributed by atoms with E-state index in [-0.39, 0.29) is 12.1 Å². The normalized spacial score (nSPS) is 10.3. The van der Waals surface area contributed by atoms with E-state index in [0.29, 0.717) is 5.13 Å². The summed E-state index contributed by atoms with van der Waals surface area (Å²) in [5, 5.41) is 10.8. The van der Waals surface area contributed by atoms with Crippen LogP contribution in [0.15, 0.2) is 23.7 Å². The first-order valence-corrected chi connectivity index (χ1v) is 5.07.